The van der Waals surface area contributed by atoms with Crippen LogP contribution in [-0.2, 0) is 0 Å². The summed E-state index contributed by atoms with van der Waals surface area (Å²) in [5, 5.41) is 13.7. The number of aromatic nitrogens is 7. The molecule has 32 heavy (non-hydrogen) atoms. The van der Waals surface area contributed by atoms with E-state index in [1.165, 1.54) is 0 Å². The lowest BCUT2D eigenvalue weighted by atomic mass is 9.91. The third-order valence-corrected chi connectivity index (χ3v) is 6.00. The highest BCUT2D eigenvalue weighted by atomic mass is 16.1. The molecule has 1 aliphatic carbocycles. The number of hydrogen-bond acceptors (Lipinski definition) is 7. The molecule has 0 aromatic carbocycles. The zero-order valence-corrected chi connectivity index (χ0v) is 18.5. The molecule has 1 saturated carbocycles. The molecule has 4 heterocycles. The number of aryl methyl sites for hydroxylation is 3. The molecule has 1 N–H and O–H groups in total. The van der Waals surface area contributed by atoms with Crippen molar-refractivity contribution < 1.29 is 0 Å². The van der Waals surface area contributed by atoms with Crippen LogP contribution < -0.4 is 10.9 Å². The van der Waals surface area contributed by atoms with Gasteiger partial charge in [-0.25, -0.2) is 24.3 Å². The van der Waals surface area contributed by atoms with Crippen LogP contribution in [0.3, 0.4) is 0 Å². The third kappa shape index (κ3) is 3.86. The fourth-order valence-corrected chi connectivity index (χ4v) is 4.49. The molecule has 0 saturated heterocycles. The van der Waals surface area contributed by atoms with Crippen molar-refractivity contribution >= 4 is 16.9 Å². The first kappa shape index (κ1) is 20.3. The molecular weight excluding hydrogens is 404 g/mol. The Morgan fingerprint density at radius 1 is 1.00 bits per heavy atom. The SMILES string of the molecule is Cc1cc(C)n(-c2ccc(=O)n(C3CCC(Nc4nc(C)nc5ncccc45)CC3)n2)n1. The Kier molecular flexibility index (Phi) is 5.16. The van der Waals surface area contributed by atoms with Gasteiger partial charge in [0.1, 0.15) is 11.6 Å². The quantitative estimate of drug-likeness (QED) is 0.530. The lowest BCUT2D eigenvalue weighted by molar-refractivity contribution is 0.302. The average molecular weight is 431 g/mol. The summed E-state index contributed by atoms with van der Waals surface area (Å²) in [6, 6.07) is 9.57. The molecule has 0 bridgehead atoms. The first-order chi connectivity index (χ1) is 15.5. The molecule has 5 rings (SSSR count). The number of nitrogens with one attached hydrogen (secondary N) is 1. The first-order valence-electron chi connectivity index (χ1n) is 11.0. The summed E-state index contributed by atoms with van der Waals surface area (Å²) >= 11 is 0. The predicted molar refractivity (Wildman–Crippen MR) is 122 cm³/mol. The van der Waals surface area contributed by atoms with E-state index in [9.17, 15) is 4.79 Å². The molecule has 0 unspecified atom stereocenters. The van der Waals surface area contributed by atoms with Crippen molar-refractivity contribution in [2.45, 2.75) is 58.5 Å². The van der Waals surface area contributed by atoms with Crippen molar-refractivity contribution in [1.29, 1.82) is 0 Å². The van der Waals surface area contributed by atoms with Gasteiger partial charge in [0.15, 0.2) is 11.5 Å². The predicted octanol–water partition coefficient (Wildman–Crippen LogP) is 3.29. The van der Waals surface area contributed by atoms with Gasteiger partial charge in [0, 0.05) is 24.0 Å². The van der Waals surface area contributed by atoms with E-state index >= 15 is 0 Å². The van der Waals surface area contributed by atoms with Crippen molar-refractivity contribution in [3.05, 3.63) is 64.1 Å². The Morgan fingerprint density at radius 2 is 1.81 bits per heavy atom. The Labute approximate surface area is 185 Å². The number of fused-ring (bicyclic) bond motifs is 1. The summed E-state index contributed by atoms with van der Waals surface area (Å²) in [6.07, 6.45) is 5.33. The third-order valence-electron chi connectivity index (χ3n) is 6.00. The number of rotatable bonds is 4. The maximum atomic E-state index is 12.6. The van der Waals surface area contributed by atoms with Crippen LogP contribution in [0.5, 0.6) is 0 Å². The molecule has 0 radical (unpaired) electrons. The van der Waals surface area contributed by atoms with E-state index in [1.54, 1.807) is 27.7 Å². The van der Waals surface area contributed by atoms with Crippen molar-refractivity contribution in [1.82, 2.24) is 34.5 Å². The van der Waals surface area contributed by atoms with Crippen LogP contribution in [0.1, 0.15) is 48.9 Å². The second-order valence-corrected chi connectivity index (χ2v) is 8.46. The lowest BCUT2D eigenvalue weighted by Gasteiger charge is -2.30. The van der Waals surface area contributed by atoms with E-state index in [2.05, 4.69) is 30.5 Å². The highest BCUT2D eigenvalue weighted by molar-refractivity contribution is 5.86. The Balaban J connectivity index is 1.33. The van der Waals surface area contributed by atoms with Gasteiger partial charge in [-0.3, -0.25) is 4.79 Å². The Hall–Kier alpha value is -3.62. The minimum atomic E-state index is -0.0739. The van der Waals surface area contributed by atoms with Crippen LogP contribution in [0.25, 0.3) is 16.9 Å². The smallest absolute Gasteiger partial charge is 0.267 e. The number of hydrogen-bond donors (Lipinski definition) is 1. The van der Waals surface area contributed by atoms with E-state index in [-0.39, 0.29) is 17.6 Å². The maximum absolute atomic E-state index is 12.6. The minimum Gasteiger partial charge on any atom is -0.367 e. The fourth-order valence-electron chi connectivity index (χ4n) is 4.49. The molecule has 9 nitrogen and oxygen atoms in total. The van der Waals surface area contributed by atoms with Crippen molar-refractivity contribution in [3.8, 4) is 5.82 Å². The van der Waals surface area contributed by atoms with Crippen molar-refractivity contribution in [3.63, 3.8) is 0 Å². The molecule has 0 atom stereocenters. The molecule has 9 heteroatoms. The summed E-state index contributed by atoms with van der Waals surface area (Å²) in [4.78, 5) is 26.0. The van der Waals surface area contributed by atoms with Crippen LogP contribution in [0.2, 0.25) is 0 Å². The normalized spacial score (nSPS) is 18.7. The van der Waals surface area contributed by atoms with Gasteiger partial charge < -0.3 is 5.32 Å². The van der Waals surface area contributed by atoms with E-state index in [4.69, 9.17) is 0 Å². The minimum absolute atomic E-state index is 0.0722. The van der Waals surface area contributed by atoms with Gasteiger partial charge in [-0.1, -0.05) is 0 Å². The summed E-state index contributed by atoms with van der Waals surface area (Å²) in [7, 11) is 0. The second kappa shape index (κ2) is 8.14. The molecule has 0 aliphatic heterocycles. The van der Waals surface area contributed by atoms with Crippen LogP contribution in [-0.4, -0.2) is 40.6 Å². The largest absolute Gasteiger partial charge is 0.367 e. The summed E-state index contributed by atoms with van der Waals surface area (Å²) in [6.45, 7) is 5.82. The lowest BCUT2D eigenvalue weighted by Crippen LogP contribution is -2.34. The van der Waals surface area contributed by atoms with Gasteiger partial charge in [-0.05, 0) is 70.7 Å². The van der Waals surface area contributed by atoms with Crippen molar-refractivity contribution in [2.24, 2.45) is 0 Å². The molecule has 1 aliphatic rings. The Morgan fingerprint density at radius 3 is 2.56 bits per heavy atom. The van der Waals surface area contributed by atoms with Gasteiger partial charge in [0.2, 0.25) is 0 Å². The van der Waals surface area contributed by atoms with Crippen LogP contribution in [0, 0.1) is 20.8 Å². The van der Waals surface area contributed by atoms with E-state index in [1.807, 2.05) is 39.0 Å². The maximum Gasteiger partial charge on any atom is 0.267 e. The highest BCUT2D eigenvalue weighted by Gasteiger charge is 2.25. The number of pyridine rings is 1. The van der Waals surface area contributed by atoms with Gasteiger partial charge in [-0.15, -0.1) is 5.10 Å². The molecular formula is C23H26N8O. The van der Waals surface area contributed by atoms with E-state index in [0.29, 0.717) is 17.3 Å². The van der Waals surface area contributed by atoms with E-state index in [0.717, 1.165) is 48.3 Å². The zero-order valence-electron chi connectivity index (χ0n) is 18.5. The summed E-state index contributed by atoms with van der Waals surface area (Å²) in [5.74, 6) is 2.20. The molecule has 4 aromatic heterocycles. The fraction of sp³-hybridized carbons (Fsp3) is 0.391. The van der Waals surface area contributed by atoms with Crippen LogP contribution in [0.4, 0.5) is 5.82 Å². The molecule has 164 valence electrons. The number of anilines is 1. The standard InChI is InChI=1S/C23H26N8O/c1-14-13-15(2)30(28-14)20-10-11-21(32)31(29-20)18-8-6-17(7-9-18)27-23-19-5-4-12-24-22(19)25-16(3)26-23/h4-5,10-13,17-18H,6-9H2,1-3H3,(H,24,25,26,27). The molecule has 0 amide bonds. The van der Waals surface area contributed by atoms with E-state index < -0.39 is 0 Å². The Bertz CT molecular complexity index is 1330. The topological polar surface area (TPSA) is 103 Å². The number of nitrogens with zero attached hydrogens (tertiary/aromatic N) is 7. The van der Waals surface area contributed by atoms with Gasteiger partial charge >= 0.3 is 0 Å². The van der Waals surface area contributed by atoms with Crippen molar-refractivity contribution in [2.75, 3.05) is 5.32 Å². The van der Waals surface area contributed by atoms with Crippen LogP contribution in [0.15, 0.2) is 41.3 Å². The molecule has 1 fully saturated rings. The van der Waals surface area contributed by atoms with Gasteiger partial charge in [0.05, 0.1) is 17.1 Å². The van der Waals surface area contributed by atoms with Gasteiger partial charge in [0.25, 0.3) is 5.56 Å². The molecule has 4 aromatic rings. The zero-order chi connectivity index (χ0) is 22.2. The summed E-state index contributed by atoms with van der Waals surface area (Å²) < 4.78 is 3.42. The van der Waals surface area contributed by atoms with Crippen LogP contribution >= 0.6 is 0 Å². The second-order valence-electron chi connectivity index (χ2n) is 8.46. The first-order valence-corrected chi connectivity index (χ1v) is 11.0. The highest BCUT2D eigenvalue weighted by Crippen LogP contribution is 2.30. The monoisotopic (exact) mass is 430 g/mol. The average Bonchev–Trinajstić information content (AvgIpc) is 3.12. The molecule has 0 spiro atoms. The summed E-state index contributed by atoms with van der Waals surface area (Å²) in [5.41, 5.74) is 2.55. The van der Waals surface area contributed by atoms with Gasteiger partial charge in [-0.2, -0.15) is 5.10 Å².